The molecule has 0 saturated carbocycles. The molecule has 1 aromatic rings. The third kappa shape index (κ3) is 4.29. The van der Waals surface area contributed by atoms with E-state index in [-0.39, 0.29) is 0 Å². The normalized spacial score (nSPS) is 14.0. The zero-order valence-electron chi connectivity index (χ0n) is 14.5. The van der Waals surface area contributed by atoms with Crippen LogP contribution in [0.3, 0.4) is 0 Å². The van der Waals surface area contributed by atoms with E-state index in [1.807, 2.05) is 12.1 Å². The highest BCUT2D eigenvalue weighted by molar-refractivity contribution is 5.27. The van der Waals surface area contributed by atoms with Gasteiger partial charge in [-0.2, -0.15) is 0 Å². The molecule has 1 aromatic carbocycles. The van der Waals surface area contributed by atoms with Crippen molar-refractivity contribution >= 4 is 0 Å². The fourth-order valence-electron chi connectivity index (χ4n) is 2.84. The fraction of sp³-hybridized carbons (Fsp3) is 0.667. The quantitative estimate of drug-likeness (QED) is 0.660. The van der Waals surface area contributed by atoms with E-state index in [4.69, 9.17) is 14.2 Å². The topological polar surface area (TPSA) is 27.7 Å². The van der Waals surface area contributed by atoms with E-state index in [0.29, 0.717) is 17.8 Å². The molecule has 3 nitrogen and oxygen atoms in total. The summed E-state index contributed by atoms with van der Waals surface area (Å²) >= 11 is 0. The molecular formula is C18H30O3. The van der Waals surface area contributed by atoms with Crippen LogP contribution in [0.4, 0.5) is 0 Å². The molecule has 1 rings (SSSR count). The number of rotatable bonds is 8. The first-order valence-electron chi connectivity index (χ1n) is 7.66. The van der Waals surface area contributed by atoms with Crippen LogP contribution in [-0.4, -0.2) is 21.3 Å². The summed E-state index contributed by atoms with van der Waals surface area (Å²) in [6.45, 7) is 9.11. The summed E-state index contributed by atoms with van der Waals surface area (Å²) in [6.07, 6.45) is 1.20. The molecule has 0 saturated heterocycles. The molecule has 0 amide bonds. The molecule has 1 unspecified atom stereocenters. The van der Waals surface area contributed by atoms with Gasteiger partial charge >= 0.3 is 5.97 Å². The van der Waals surface area contributed by atoms with Crippen molar-refractivity contribution in [3.63, 3.8) is 0 Å². The lowest BCUT2D eigenvalue weighted by Crippen LogP contribution is -2.32. The van der Waals surface area contributed by atoms with E-state index >= 15 is 0 Å². The minimum absolute atomic E-state index is 0.570. The molecule has 0 aliphatic heterocycles. The van der Waals surface area contributed by atoms with E-state index in [9.17, 15) is 0 Å². The van der Waals surface area contributed by atoms with Gasteiger partial charge in [0, 0.05) is 26.9 Å². The minimum atomic E-state index is -1.12. The third-order valence-corrected chi connectivity index (χ3v) is 4.03. The lowest BCUT2D eigenvalue weighted by Gasteiger charge is -2.30. The summed E-state index contributed by atoms with van der Waals surface area (Å²) in [5.41, 5.74) is 2.23. The summed E-state index contributed by atoms with van der Waals surface area (Å²) in [6, 6.07) is 8.38. The molecule has 0 bridgehead atoms. The van der Waals surface area contributed by atoms with Crippen molar-refractivity contribution in [2.75, 3.05) is 21.3 Å². The van der Waals surface area contributed by atoms with E-state index in [2.05, 4.69) is 39.8 Å². The summed E-state index contributed by atoms with van der Waals surface area (Å²) in [4.78, 5) is 0. The monoisotopic (exact) mass is 294 g/mol. The highest BCUT2D eigenvalue weighted by atomic mass is 16.9. The molecule has 0 N–H and O–H groups in total. The number of ether oxygens (including phenoxy) is 3. The van der Waals surface area contributed by atoms with Gasteiger partial charge in [0.05, 0.1) is 0 Å². The van der Waals surface area contributed by atoms with Crippen LogP contribution in [-0.2, 0) is 20.2 Å². The zero-order chi connectivity index (χ0) is 16.0. The summed E-state index contributed by atoms with van der Waals surface area (Å²) in [5, 5.41) is 0. The number of hydrogen-bond donors (Lipinski definition) is 0. The van der Waals surface area contributed by atoms with Gasteiger partial charge in [0.25, 0.3) is 0 Å². The van der Waals surface area contributed by atoms with Crippen LogP contribution in [0, 0.1) is 11.8 Å². The predicted molar refractivity (Wildman–Crippen MR) is 86.2 cm³/mol. The van der Waals surface area contributed by atoms with Crippen molar-refractivity contribution in [3.05, 3.63) is 35.4 Å². The fourth-order valence-corrected chi connectivity index (χ4v) is 2.84. The van der Waals surface area contributed by atoms with Gasteiger partial charge in [0.15, 0.2) is 0 Å². The van der Waals surface area contributed by atoms with Crippen LogP contribution in [0.2, 0.25) is 0 Å². The first-order chi connectivity index (χ1) is 9.90. The summed E-state index contributed by atoms with van der Waals surface area (Å²) < 4.78 is 16.2. The number of methoxy groups -OCH3 is 3. The van der Waals surface area contributed by atoms with Crippen molar-refractivity contribution < 1.29 is 14.2 Å². The van der Waals surface area contributed by atoms with Gasteiger partial charge in [0.1, 0.15) is 0 Å². The van der Waals surface area contributed by atoms with Crippen LogP contribution in [0.15, 0.2) is 24.3 Å². The van der Waals surface area contributed by atoms with Gasteiger partial charge in [-0.15, -0.1) is 0 Å². The SMILES string of the molecule is COC(OC)(OC)c1ccc(C(CC(C)C)C(C)C)cc1. The Morgan fingerprint density at radius 1 is 0.857 bits per heavy atom. The second-order valence-electron chi connectivity index (χ2n) is 6.27. The van der Waals surface area contributed by atoms with Crippen molar-refractivity contribution in [2.45, 2.75) is 46.0 Å². The van der Waals surface area contributed by atoms with Crippen molar-refractivity contribution in [3.8, 4) is 0 Å². The minimum Gasteiger partial charge on any atom is -0.327 e. The predicted octanol–water partition coefficient (Wildman–Crippen LogP) is 4.52. The van der Waals surface area contributed by atoms with Gasteiger partial charge < -0.3 is 14.2 Å². The van der Waals surface area contributed by atoms with Gasteiger partial charge in [-0.25, -0.2) is 0 Å². The maximum atomic E-state index is 5.39. The maximum Gasteiger partial charge on any atom is 0.311 e. The third-order valence-electron chi connectivity index (χ3n) is 4.03. The highest BCUT2D eigenvalue weighted by Crippen LogP contribution is 2.33. The highest BCUT2D eigenvalue weighted by Gasteiger charge is 2.32. The van der Waals surface area contributed by atoms with E-state index < -0.39 is 5.97 Å². The molecule has 0 spiro atoms. The molecule has 0 aromatic heterocycles. The molecule has 1 atom stereocenters. The Hall–Kier alpha value is -0.900. The summed E-state index contributed by atoms with van der Waals surface area (Å²) in [7, 11) is 4.74. The van der Waals surface area contributed by atoms with E-state index in [1.165, 1.54) is 12.0 Å². The average Bonchev–Trinajstić information content (AvgIpc) is 2.47. The lowest BCUT2D eigenvalue weighted by molar-refractivity contribution is -0.364. The van der Waals surface area contributed by atoms with E-state index in [1.54, 1.807) is 21.3 Å². The van der Waals surface area contributed by atoms with Gasteiger partial charge in [-0.3, -0.25) is 0 Å². The van der Waals surface area contributed by atoms with Crippen LogP contribution in [0.5, 0.6) is 0 Å². The Balaban J connectivity index is 3.04. The largest absolute Gasteiger partial charge is 0.327 e. The molecule has 0 aliphatic rings. The van der Waals surface area contributed by atoms with Gasteiger partial charge in [-0.1, -0.05) is 52.0 Å². The van der Waals surface area contributed by atoms with Crippen LogP contribution >= 0.6 is 0 Å². The van der Waals surface area contributed by atoms with E-state index in [0.717, 1.165) is 5.56 Å². The maximum absolute atomic E-state index is 5.39. The second kappa shape index (κ2) is 7.92. The smallest absolute Gasteiger partial charge is 0.311 e. The Morgan fingerprint density at radius 3 is 1.67 bits per heavy atom. The molecule has 0 radical (unpaired) electrons. The van der Waals surface area contributed by atoms with Crippen molar-refractivity contribution in [2.24, 2.45) is 11.8 Å². The molecular weight excluding hydrogens is 264 g/mol. The number of hydrogen-bond acceptors (Lipinski definition) is 3. The van der Waals surface area contributed by atoms with Crippen molar-refractivity contribution in [1.29, 1.82) is 0 Å². The molecule has 3 heteroatoms. The van der Waals surface area contributed by atoms with Crippen LogP contribution in [0.1, 0.15) is 51.2 Å². The molecule has 120 valence electrons. The van der Waals surface area contributed by atoms with Crippen LogP contribution < -0.4 is 0 Å². The average molecular weight is 294 g/mol. The first-order valence-corrected chi connectivity index (χ1v) is 7.66. The molecule has 0 fully saturated rings. The summed E-state index contributed by atoms with van der Waals surface area (Å²) in [5.74, 6) is 0.758. The molecule has 21 heavy (non-hydrogen) atoms. The van der Waals surface area contributed by atoms with Gasteiger partial charge in [0.2, 0.25) is 0 Å². The Kier molecular flexibility index (Phi) is 6.85. The van der Waals surface area contributed by atoms with Crippen LogP contribution in [0.25, 0.3) is 0 Å². The Bertz CT molecular complexity index is 397. The second-order valence-corrected chi connectivity index (χ2v) is 6.27. The first kappa shape index (κ1) is 18.1. The lowest BCUT2D eigenvalue weighted by atomic mass is 9.82. The Morgan fingerprint density at radius 2 is 1.33 bits per heavy atom. The molecule has 0 heterocycles. The van der Waals surface area contributed by atoms with Crippen molar-refractivity contribution in [1.82, 2.24) is 0 Å². The Labute approximate surface area is 129 Å². The standard InChI is InChI=1S/C18H30O3/c1-13(2)12-17(14(3)4)15-8-10-16(11-9-15)18(19-5,20-6)21-7/h8-11,13-14,17H,12H2,1-7H3. The van der Waals surface area contributed by atoms with Gasteiger partial charge in [-0.05, 0) is 29.7 Å². The zero-order valence-corrected chi connectivity index (χ0v) is 14.5. The molecule has 0 aliphatic carbocycles. The number of benzene rings is 1.